The summed E-state index contributed by atoms with van der Waals surface area (Å²) in [6, 6.07) is 13.2. The highest BCUT2D eigenvalue weighted by Gasteiger charge is 2.23. The van der Waals surface area contributed by atoms with Gasteiger partial charge < -0.3 is 5.11 Å². The Labute approximate surface area is 133 Å². The molecule has 3 rings (SSSR count). The van der Waals surface area contributed by atoms with E-state index in [1.54, 1.807) is 0 Å². The van der Waals surface area contributed by atoms with Crippen molar-refractivity contribution < 1.29 is 5.11 Å². The van der Waals surface area contributed by atoms with Gasteiger partial charge in [0.05, 0.1) is 0 Å². The minimum atomic E-state index is 0.416. The predicted molar refractivity (Wildman–Crippen MR) is 91.2 cm³/mol. The molecule has 2 nitrogen and oxygen atoms in total. The van der Waals surface area contributed by atoms with Gasteiger partial charge in [-0.05, 0) is 68.5 Å². The molecule has 1 N–H and O–H groups in total. The van der Waals surface area contributed by atoms with Crippen molar-refractivity contribution >= 4 is 0 Å². The minimum Gasteiger partial charge on any atom is -0.508 e. The van der Waals surface area contributed by atoms with E-state index in [1.165, 1.54) is 36.0 Å². The van der Waals surface area contributed by atoms with E-state index in [0.29, 0.717) is 11.8 Å². The molecule has 1 atom stereocenters. The zero-order valence-electron chi connectivity index (χ0n) is 13.8. The first kappa shape index (κ1) is 15.1. The fourth-order valence-corrected chi connectivity index (χ4v) is 3.55. The summed E-state index contributed by atoms with van der Waals surface area (Å²) in [5, 5.41) is 10.2. The molecule has 1 aliphatic carbocycles. The lowest BCUT2D eigenvalue weighted by Gasteiger charge is -2.33. The van der Waals surface area contributed by atoms with Crippen molar-refractivity contribution in [3.8, 4) is 5.75 Å². The second-order valence-electron chi connectivity index (χ2n) is 6.59. The molecule has 0 unspecified atom stereocenters. The average Bonchev–Trinajstić information content (AvgIpc) is 2.52. The molecule has 0 aromatic heterocycles. The third kappa shape index (κ3) is 2.89. The lowest BCUT2D eigenvalue weighted by molar-refractivity contribution is 0.211. The zero-order valence-corrected chi connectivity index (χ0v) is 13.8. The summed E-state index contributed by atoms with van der Waals surface area (Å²) in [7, 11) is 2.17. The van der Waals surface area contributed by atoms with Gasteiger partial charge in [-0.1, -0.05) is 30.3 Å². The van der Waals surface area contributed by atoms with Crippen LogP contribution >= 0.6 is 0 Å². The molecule has 116 valence electrons. The number of hydrogen-bond acceptors (Lipinski definition) is 2. The van der Waals surface area contributed by atoms with E-state index in [9.17, 15) is 5.11 Å². The number of hydrogen-bond donors (Lipinski definition) is 1. The summed E-state index contributed by atoms with van der Waals surface area (Å²) in [5.74, 6) is 0.416. The molecule has 0 spiro atoms. The average molecular weight is 295 g/mol. The lowest BCUT2D eigenvalue weighted by atomic mass is 9.87. The highest BCUT2D eigenvalue weighted by molar-refractivity contribution is 5.41. The van der Waals surface area contributed by atoms with Crippen LogP contribution in [0.3, 0.4) is 0 Å². The minimum absolute atomic E-state index is 0.416. The summed E-state index contributed by atoms with van der Waals surface area (Å²) in [6.45, 7) is 4.93. The Hall–Kier alpha value is -1.80. The standard InChI is InChI=1S/C20H25NO/c1-14-11-17(20(22)12-15(14)2)13-21(3)19-10-6-8-16-7-4-5-9-18(16)19/h4-5,7,9,11-12,19,22H,6,8,10,13H2,1-3H3/t19-/m1/s1. The Morgan fingerprint density at radius 1 is 1.14 bits per heavy atom. The molecular formula is C20H25NO. The normalized spacial score (nSPS) is 17.5. The monoisotopic (exact) mass is 295 g/mol. The van der Waals surface area contributed by atoms with Gasteiger partial charge in [-0.25, -0.2) is 0 Å². The number of phenolic OH excluding ortho intramolecular Hbond substituents is 1. The molecule has 2 heteroatoms. The Morgan fingerprint density at radius 2 is 1.86 bits per heavy atom. The molecule has 0 heterocycles. The van der Waals surface area contributed by atoms with Crippen molar-refractivity contribution in [3.63, 3.8) is 0 Å². The van der Waals surface area contributed by atoms with E-state index in [1.807, 2.05) is 13.0 Å². The van der Waals surface area contributed by atoms with Crippen molar-refractivity contribution in [2.24, 2.45) is 0 Å². The van der Waals surface area contributed by atoms with Crippen LogP contribution in [-0.2, 0) is 13.0 Å². The number of nitrogens with zero attached hydrogens (tertiary/aromatic N) is 1. The molecule has 0 saturated heterocycles. The van der Waals surface area contributed by atoms with Crippen molar-refractivity contribution in [1.29, 1.82) is 0 Å². The summed E-state index contributed by atoms with van der Waals surface area (Å²) in [4.78, 5) is 2.38. The topological polar surface area (TPSA) is 23.5 Å². The van der Waals surface area contributed by atoms with Gasteiger partial charge in [0.25, 0.3) is 0 Å². The highest BCUT2D eigenvalue weighted by Crippen LogP contribution is 2.35. The summed E-state index contributed by atoms with van der Waals surface area (Å²) in [5.41, 5.74) is 6.35. The van der Waals surface area contributed by atoms with Gasteiger partial charge in [-0.15, -0.1) is 0 Å². The molecule has 0 amide bonds. The van der Waals surface area contributed by atoms with Crippen LogP contribution in [0, 0.1) is 13.8 Å². The quantitative estimate of drug-likeness (QED) is 0.900. The number of phenols is 1. The maximum Gasteiger partial charge on any atom is 0.120 e. The second kappa shape index (κ2) is 6.13. The van der Waals surface area contributed by atoms with Gasteiger partial charge in [-0.2, -0.15) is 0 Å². The molecule has 2 aromatic rings. The third-order valence-electron chi connectivity index (χ3n) is 4.98. The SMILES string of the molecule is Cc1cc(O)c(CN(C)[C@@H]2CCCc3ccccc32)cc1C. The first-order valence-corrected chi connectivity index (χ1v) is 8.13. The van der Waals surface area contributed by atoms with Crippen LogP contribution in [0.2, 0.25) is 0 Å². The third-order valence-corrected chi connectivity index (χ3v) is 4.98. The maximum atomic E-state index is 10.2. The summed E-state index contributed by atoms with van der Waals surface area (Å²) in [6.07, 6.45) is 3.62. The maximum absolute atomic E-state index is 10.2. The number of aryl methyl sites for hydroxylation is 3. The van der Waals surface area contributed by atoms with Crippen LogP contribution in [0.4, 0.5) is 0 Å². The number of rotatable bonds is 3. The van der Waals surface area contributed by atoms with E-state index in [2.05, 4.69) is 49.2 Å². The summed E-state index contributed by atoms with van der Waals surface area (Å²) >= 11 is 0. The number of benzene rings is 2. The van der Waals surface area contributed by atoms with Crippen molar-refractivity contribution in [3.05, 3.63) is 64.2 Å². The van der Waals surface area contributed by atoms with Crippen molar-refractivity contribution in [2.75, 3.05) is 7.05 Å². The van der Waals surface area contributed by atoms with Crippen LogP contribution < -0.4 is 0 Å². The molecule has 2 aromatic carbocycles. The van der Waals surface area contributed by atoms with Crippen LogP contribution in [-0.4, -0.2) is 17.1 Å². The largest absolute Gasteiger partial charge is 0.508 e. The Kier molecular flexibility index (Phi) is 4.21. The van der Waals surface area contributed by atoms with Crippen LogP contribution in [0.25, 0.3) is 0 Å². The van der Waals surface area contributed by atoms with Gasteiger partial charge in [-0.3, -0.25) is 4.90 Å². The van der Waals surface area contributed by atoms with Crippen LogP contribution in [0.15, 0.2) is 36.4 Å². The fourth-order valence-electron chi connectivity index (χ4n) is 3.55. The molecule has 0 radical (unpaired) electrons. The fraction of sp³-hybridized carbons (Fsp3) is 0.400. The molecule has 22 heavy (non-hydrogen) atoms. The van der Waals surface area contributed by atoms with Crippen molar-refractivity contribution in [2.45, 2.75) is 45.7 Å². The number of aromatic hydroxyl groups is 1. The zero-order chi connectivity index (χ0) is 15.7. The van der Waals surface area contributed by atoms with E-state index in [-0.39, 0.29) is 0 Å². The van der Waals surface area contributed by atoms with Gasteiger partial charge >= 0.3 is 0 Å². The Balaban J connectivity index is 1.84. The second-order valence-corrected chi connectivity index (χ2v) is 6.59. The molecule has 0 aliphatic heterocycles. The first-order valence-electron chi connectivity index (χ1n) is 8.13. The molecular weight excluding hydrogens is 270 g/mol. The summed E-state index contributed by atoms with van der Waals surface area (Å²) < 4.78 is 0. The van der Waals surface area contributed by atoms with E-state index < -0.39 is 0 Å². The predicted octanol–water partition coefficient (Wildman–Crippen LogP) is 4.52. The molecule has 0 fully saturated rings. The smallest absolute Gasteiger partial charge is 0.120 e. The van der Waals surface area contributed by atoms with Crippen LogP contribution in [0.1, 0.15) is 46.7 Å². The van der Waals surface area contributed by atoms with E-state index in [0.717, 1.165) is 17.7 Å². The molecule has 1 aliphatic rings. The number of fused-ring (bicyclic) bond motifs is 1. The first-order chi connectivity index (χ1) is 10.6. The van der Waals surface area contributed by atoms with Gasteiger partial charge in [0.2, 0.25) is 0 Å². The van der Waals surface area contributed by atoms with Crippen molar-refractivity contribution in [1.82, 2.24) is 4.90 Å². The van der Waals surface area contributed by atoms with Crippen LogP contribution in [0.5, 0.6) is 5.75 Å². The molecule has 0 bridgehead atoms. The van der Waals surface area contributed by atoms with E-state index >= 15 is 0 Å². The van der Waals surface area contributed by atoms with E-state index in [4.69, 9.17) is 0 Å². The van der Waals surface area contributed by atoms with Gasteiger partial charge in [0.15, 0.2) is 0 Å². The molecule has 0 saturated carbocycles. The highest BCUT2D eigenvalue weighted by atomic mass is 16.3. The Morgan fingerprint density at radius 3 is 2.68 bits per heavy atom. The lowest BCUT2D eigenvalue weighted by Crippen LogP contribution is -2.27. The van der Waals surface area contributed by atoms with Gasteiger partial charge in [0, 0.05) is 18.2 Å². The Bertz CT molecular complexity index is 677. The van der Waals surface area contributed by atoms with Gasteiger partial charge in [0.1, 0.15) is 5.75 Å².